The van der Waals surface area contributed by atoms with Crippen LogP contribution in [0.5, 0.6) is 0 Å². The van der Waals surface area contributed by atoms with Crippen molar-refractivity contribution in [1.29, 1.82) is 0 Å². The van der Waals surface area contributed by atoms with E-state index in [4.69, 9.17) is 10.8 Å². The average molecular weight is 316 g/mol. The minimum atomic E-state index is -3.68. The number of rotatable bonds is 4. The monoisotopic (exact) mass is 316 g/mol. The Balaban J connectivity index is 2.31. The number of benzene rings is 1. The topological polar surface area (TPSA) is 83.6 Å². The van der Waals surface area contributed by atoms with Crippen LogP contribution in [0.15, 0.2) is 17.0 Å². The maximum Gasteiger partial charge on any atom is 0.243 e. The van der Waals surface area contributed by atoms with Crippen LogP contribution in [0.1, 0.15) is 24.8 Å². The molecule has 2 rings (SSSR count). The summed E-state index contributed by atoms with van der Waals surface area (Å²) >= 11 is 0. The second kappa shape index (κ2) is 6.29. The number of aliphatic hydroxyl groups is 1. The van der Waals surface area contributed by atoms with Crippen LogP contribution in [0.25, 0.3) is 0 Å². The minimum absolute atomic E-state index is 0.0566. The third-order valence-electron chi connectivity index (χ3n) is 3.93. The molecule has 1 aromatic rings. The van der Waals surface area contributed by atoms with Crippen molar-refractivity contribution in [2.24, 2.45) is 5.92 Å². The SMILES string of the molecule is Cc1cc(F)c(N)cc1S(=O)(=O)N1CCCC(CCO)C1. The number of nitrogens with zero attached hydrogens (tertiary/aromatic N) is 1. The second-order valence-electron chi connectivity index (χ2n) is 5.52. The van der Waals surface area contributed by atoms with Gasteiger partial charge in [0.15, 0.2) is 0 Å². The van der Waals surface area contributed by atoms with Crippen LogP contribution in [0.3, 0.4) is 0 Å². The van der Waals surface area contributed by atoms with Gasteiger partial charge in [0, 0.05) is 19.7 Å². The molecule has 0 radical (unpaired) electrons. The second-order valence-corrected chi connectivity index (χ2v) is 7.43. The number of nitrogen functional groups attached to an aromatic ring is 1. The van der Waals surface area contributed by atoms with Crippen molar-refractivity contribution in [3.05, 3.63) is 23.5 Å². The predicted octanol–water partition coefficient (Wildman–Crippen LogP) is 1.50. The molecule has 1 unspecified atom stereocenters. The number of sulfonamides is 1. The highest BCUT2D eigenvalue weighted by molar-refractivity contribution is 7.89. The number of hydrogen-bond acceptors (Lipinski definition) is 4. The lowest BCUT2D eigenvalue weighted by Gasteiger charge is -2.32. The van der Waals surface area contributed by atoms with Crippen LogP contribution >= 0.6 is 0 Å². The Kier molecular flexibility index (Phi) is 4.85. The molecule has 1 saturated heterocycles. The zero-order valence-electron chi connectivity index (χ0n) is 12.0. The summed E-state index contributed by atoms with van der Waals surface area (Å²) in [4.78, 5) is 0.0612. The van der Waals surface area contributed by atoms with Gasteiger partial charge in [-0.25, -0.2) is 12.8 Å². The Labute approximate surface area is 124 Å². The van der Waals surface area contributed by atoms with Gasteiger partial charge in [0.05, 0.1) is 10.6 Å². The fraction of sp³-hybridized carbons (Fsp3) is 0.571. The molecule has 1 fully saturated rings. The molecular formula is C14H21FN2O3S. The zero-order chi connectivity index (χ0) is 15.6. The summed E-state index contributed by atoms with van der Waals surface area (Å²) in [7, 11) is -3.68. The molecule has 0 aromatic heterocycles. The van der Waals surface area contributed by atoms with E-state index < -0.39 is 15.8 Å². The normalized spacial score (nSPS) is 20.6. The first-order valence-electron chi connectivity index (χ1n) is 7.03. The Morgan fingerprint density at radius 3 is 2.86 bits per heavy atom. The van der Waals surface area contributed by atoms with Gasteiger partial charge in [0.2, 0.25) is 10.0 Å². The number of aryl methyl sites for hydroxylation is 1. The molecule has 118 valence electrons. The van der Waals surface area contributed by atoms with Gasteiger partial charge in [0.25, 0.3) is 0 Å². The van der Waals surface area contributed by atoms with Crippen LogP contribution in [0, 0.1) is 18.7 Å². The summed E-state index contributed by atoms with van der Waals surface area (Å²) in [6, 6.07) is 2.34. The van der Waals surface area contributed by atoms with Gasteiger partial charge in [-0.1, -0.05) is 0 Å². The van der Waals surface area contributed by atoms with E-state index in [0.717, 1.165) is 18.9 Å². The van der Waals surface area contributed by atoms with Crippen molar-refractivity contribution in [3.8, 4) is 0 Å². The lowest BCUT2D eigenvalue weighted by atomic mass is 9.97. The smallest absolute Gasteiger partial charge is 0.243 e. The fourth-order valence-corrected chi connectivity index (χ4v) is 4.55. The van der Waals surface area contributed by atoms with Gasteiger partial charge in [-0.05, 0) is 49.8 Å². The number of nitrogens with two attached hydrogens (primary N) is 1. The van der Waals surface area contributed by atoms with Crippen molar-refractivity contribution in [2.45, 2.75) is 31.1 Å². The molecular weight excluding hydrogens is 295 g/mol. The molecule has 1 heterocycles. The molecule has 0 spiro atoms. The number of anilines is 1. The number of aliphatic hydroxyl groups excluding tert-OH is 1. The standard InChI is InChI=1S/C14H21FN2O3S/c1-10-7-12(15)13(16)8-14(10)21(19,20)17-5-2-3-11(9-17)4-6-18/h7-8,11,18H,2-6,9,16H2,1H3. The molecule has 1 aliphatic heterocycles. The summed E-state index contributed by atoms with van der Waals surface area (Å²) in [5.74, 6) is -0.445. The van der Waals surface area contributed by atoms with Crippen molar-refractivity contribution < 1.29 is 17.9 Å². The largest absolute Gasteiger partial charge is 0.396 e. The Morgan fingerprint density at radius 1 is 1.48 bits per heavy atom. The van der Waals surface area contributed by atoms with Crippen LogP contribution in [-0.2, 0) is 10.0 Å². The molecule has 7 heteroatoms. The molecule has 0 saturated carbocycles. The summed E-state index contributed by atoms with van der Waals surface area (Å²) < 4.78 is 40.2. The first kappa shape index (κ1) is 16.2. The molecule has 1 aliphatic rings. The average Bonchev–Trinajstić information content (AvgIpc) is 2.43. The van der Waals surface area contributed by atoms with E-state index >= 15 is 0 Å². The molecule has 0 aliphatic carbocycles. The van der Waals surface area contributed by atoms with Crippen molar-refractivity contribution in [2.75, 3.05) is 25.4 Å². The first-order valence-corrected chi connectivity index (χ1v) is 8.47. The van der Waals surface area contributed by atoms with Gasteiger partial charge >= 0.3 is 0 Å². The molecule has 3 N–H and O–H groups in total. The van der Waals surface area contributed by atoms with Crippen LogP contribution < -0.4 is 5.73 Å². The lowest BCUT2D eigenvalue weighted by Crippen LogP contribution is -2.40. The van der Waals surface area contributed by atoms with E-state index in [-0.39, 0.29) is 23.1 Å². The summed E-state index contributed by atoms with van der Waals surface area (Å²) in [6.07, 6.45) is 2.27. The first-order chi connectivity index (χ1) is 9.86. The predicted molar refractivity (Wildman–Crippen MR) is 78.7 cm³/mol. The van der Waals surface area contributed by atoms with E-state index in [1.54, 1.807) is 6.92 Å². The third-order valence-corrected chi connectivity index (χ3v) is 5.94. The number of halogens is 1. The highest BCUT2D eigenvalue weighted by atomic mass is 32.2. The fourth-order valence-electron chi connectivity index (χ4n) is 2.75. The molecule has 5 nitrogen and oxygen atoms in total. The van der Waals surface area contributed by atoms with E-state index in [1.807, 2.05) is 0 Å². The van der Waals surface area contributed by atoms with Gasteiger partial charge in [0.1, 0.15) is 5.82 Å². The quantitative estimate of drug-likeness (QED) is 0.825. The van der Waals surface area contributed by atoms with Gasteiger partial charge in [-0.2, -0.15) is 4.31 Å². The van der Waals surface area contributed by atoms with E-state index in [0.29, 0.717) is 25.1 Å². The van der Waals surface area contributed by atoms with Gasteiger partial charge in [-0.3, -0.25) is 0 Å². The van der Waals surface area contributed by atoms with Gasteiger partial charge in [-0.15, -0.1) is 0 Å². The molecule has 0 bridgehead atoms. The third kappa shape index (κ3) is 3.36. The summed E-state index contributed by atoms with van der Waals surface area (Å²) in [6.45, 7) is 2.45. The minimum Gasteiger partial charge on any atom is -0.396 e. The van der Waals surface area contributed by atoms with E-state index in [9.17, 15) is 12.8 Å². The Bertz CT molecular complexity index is 617. The molecule has 0 amide bonds. The Morgan fingerprint density at radius 2 is 2.19 bits per heavy atom. The van der Waals surface area contributed by atoms with Crippen LogP contribution in [0.2, 0.25) is 0 Å². The van der Waals surface area contributed by atoms with Crippen LogP contribution in [-0.4, -0.2) is 37.5 Å². The van der Waals surface area contributed by atoms with Crippen molar-refractivity contribution >= 4 is 15.7 Å². The van der Waals surface area contributed by atoms with E-state index in [1.165, 1.54) is 10.4 Å². The highest BCUT2D eigenvalue weighted by Crippen LogP contribution is 2.28. The maximum absolute atomic E-state index is 13.4. The zero-order valence-corrected chi connectivity index (χ0v) is 12.9. The maximum atomic E-state index is 13.4. The van der Waals surface area contributed by atoms with Gasteiger partial charge < -0.3 is 10.8 Å². The van der Waals surface area contributed by atoms with E-state index in [2.05, 4.69) is 0 Å². The molecule has 1 aromatic carbocycles. The highest BCUT2D eigenvalue weighted by Gasteiger charge is 2.31. The number of hydrogen-bond donors (Lipinski definition) is 2. The van der Waals surface area contributed by atoms with Crippen molar-refractivity contribution in [3.63, 3.8) is 0 Å². The molecule has 1 atom stereocenters. The molecule has 21 heavy (non-hydrogen) atoms. The number of piperidine rings is 1. The van der Waals surface area contributed by atoms with Crippen LogP contribution in [0.4, 0.5) is 10.1 Å². The van der Waals surface area contributed by atoms with Crippen molar-refractivity contribution in [1.82, 2.24) is 4.31 Å². The lowest BCUT2D eigenvalue weighted by molar-refractivity contribution is 0.203. The summed E-state index contributed by atoms with van der Waals surface area (Å²) in [5.41, 5.74) is 5.69. The Hall–Kier alpha value is -1.18. The summed E-state index contributed by atoms with van der Waals surface area (Å²) in [5, 5.41) is 9.01.